The van der Waals surface area contributed by atoms with Gasteiger partial charge in [0.1, 0.15) is 19.3 Å². The average Bonchev–Trinajstić information content (AvgIpc) is 2.66. The van der Waals surface area contributed by atoms with Gasteiger partial charge in [0.05, 0.1) is 37.6 Å². The van der Waals surface area contributed by atoms with Crippen molar-refractivity contribution in [2.24, 2.45) is 16.8 Å². The summed E-state index contributed by atoms with van der Waals surface area (Å²) in [6, 6.07) is 0. The molecule has 7 nitrogen and oxygen atoms in total. The maximum Gasteiger partial charge on any atom is 0.113 e. The van der Waals surface area contributed by atoms with Crippen molar-refractivity contribution >= 4 is 7.85 Å². The van der Waals surface area contributed by atoms with Gasteiger partial charge in [-0.25, -0.2) is 5.53 Å². The van der Waals surface area contributed by atoms with Gasteiger partial charge in [-0.15, -0.1) is 6.58 Å². The van der Waals surface area contributed by atoms with Crippen LogP contribution in [-0.2, 0) is 14.2 Å². The quantitative estimate of drug-likeness (QED) is 0.0994. The Morgan fingerprint density at radius 1 is 1.19 bits per heavy atom. The molecule has 1 aliphatic carbocycles. The zero-order chi connectivity index (χ0) is 23.4. The zero-order valence-corrected chi connectivity index (χ0v) is 20.5. The molecule has 0 aromatic carbocycles. The van der Waals surface area contributed by atoms with Crippen LogP contribution in [0.25, 0.3) is 0 Å². The maximum atomic E-state index is 7.41. The van der Waals surface area contributed by atoms with E-state index in [0.29, 0.717) is 25.5 Å². The zero-order valence-electron chi connectivity index (χ0n) is 20.5. The molecule has 1 fully saturated rings. The Bertz CT molecular complexity index is 579. The first kappa shape index (κ1) is 27.8. The van der Waals surface area contributed by atoms with Crippen molar-refractivity contribution < 1.29 is 14.2 Å². The summed E-state index contributed by atoms with van der Waals surface area (Å²) < 4.78 is 17.4. The summed E-state index contributed by atoms with van der Waals surface area (Å²) in [5.41, 5.74) is 13.0. The third-order valence-electron chi connectivity index (χ3n) is 5.95. The Morgan fingerprint density at radius 3 is 2.45 bits per heavy atom. The van der Waals surface area contributed by atoms with E-state index in [1.807, 2.05) is 26.8 Å². The van der Waals surface area contributed by atoms with Gasteiger partial charge in [0.25, 0.3) is 0 Å². The molecule has 1 saturated carbocycles. The van der Waals surface area contributed by atoms with Crippen molar-refractivity contribution in [3.8, 4) is 0 Å². The second-order valence-corrected chi connectivity index (χ2v) is 9.84. The molecule has 0 bridgehead atoms. The second-order valence-electron chi connectivity index (χ2n) is 9.84. The first-order valence-corrected chi connectivity index (χ1v) is 11.7. The molecule has 0 aliphatic heterocycles. The van der Waals surface area contributed by atoms with E-state index in [1.165, 1.54) is 19.3 Å². The highest BCUT2D eigenvalue weighted by Gasteiger charge is 2.28. The molecule has 2 unspecified atom stereocenters. The molecular formula is C23H45BN4O3. The number of hydrogen-bond acceptors (Lipinski definition) is 7. The smallest absolute Gasteiger partial charge is 0.113 e. The van der Waals surface area contributed by atoms with Gasteiger partial charge in [-0.2, -0.15) is 5.11 Å². The van der Waals surface area contributed by atoms with Crippen molar-refractivity contribution in [2.45, 2.75) is 89.4 Å². The van der Waals surface area contributed by atoms with Gasteiger partial charge in [0, 0.05) is 6.20 Å². The first-order valence-electron chi connectivity index (χ1n) is 11.7. The topological polar surface area (TPSA) is 102 Å². The SMILES string of the molecule is BCCC(C)(N)OCCC(C)(C)OCCOC/C(=C/NC(C)(C=C)CC1CCC1)N=N. The van der Waals surface area contributed by atoms with Crippen molar-refractivity contribution in [1.29, 1.82) is 5.53 Å². The highest BCUT2D eigenvalue weighted by atomic mass is 16.5. The minimum atomic E-state index is -0.579. The van der Waals surface area contributed by atoms with Crippen LogP contribution in [-0.4, -0.2) is 51.1 Å². The van der Waals surface area contributed by atoms with Crippen molar-refractivity contribution in [2.75, 3.05) is 26.4 Å². The lowest BCUT2D eigenvalue weighted by Crippen LogP contribution is -2.40. The van der Waals surface area contributed by atoms with Gasteiger partial charge in [0.15, 0.2) is 0 Å². The lowest BCUT2D eigenvalue weighted by Gasteiger charge is -2.35. The summed E-state index contributed by atoms with van der Waals surface area (Å²) in [4.78, 5) is 0. The largest absolute Gasteiger partial charge is 0.381 e. The van der Waals surface area contributed by atoms with Gasteiger partial charge in [-0.05, 0) is 52.9 Å². The minimum absolute atomic E-state index is 0.188. The molecule has 0 amide bonds. The normalized spacial score (nSPS) is 19.2. The van der Waals surface area contributed by atoms with Gasteiger partial charge in [-0.3, -0.25) is 0 Å². The third kappa shape index (κ3) is 11.8. The Labute approximate surface area is 190 Å². The first-order chi connectivity index (χ1) is 14.5. The highest BCUT2D eigenvalue weighted by molar-refractivity contribution is 6.08. The fourth-order valence-electron chi connectivity index (χ4n) is 3.58. The fourth-order valence-corrected chi connectivity index (χ4v) is 3.58. The number of ether oxygens (including phenoxy) is 3. The number of nitrogens with one attached hydrogen (secondary N) is 2. The summed E-state index contributed by atoms with van der Waals surface area (Å²) in [6.45, 7) is 13.8. The van der Waals surface area contributed by atoms with E-state index in [4.69, 9.17) is 25.5 Å². The maximum absolute atomic E-state index is 7.41. The summed E-state index contributed by atoms with van der Waals surface area (Å²) in [6.07, 6.45) is 11.3. The predicted molar refractivity (Wildman–Crippen MR) is 129 cm³/mol. The Hall–Kier alpha value is -1.22. The van der Waals surface area contributed by atoms with E-state index in [-0.39, 0.29) is 17.7 Å². The van der Waals surface area contributed by atoms with Crippen LogP contribution >= 0.6 is 0 Å². The summed E-state index contributed by atoms with van der Waals surface area (Å²) in [7, 11) is 2.10. The van der Waals surface area contributed by atoms with Crippen molar-refractivity contribution in [3.63, 3.8) is 0 Å². The molecule has 1 aliphatic rings. The lowest BCUT2D eigenvalue weighted by atomic mass is 9.76. The molecule has 4 N–H and O–H groups in total. The monoisotopic (exact) mass is 436 g/mol. The molecule has 0 spiro atoms. The molecule has 2 atom stereocenters. The van der Waals surface area contributed by atoms with Crippen molar-refractivity contribution in [1.82, 2.24) is 5.32 Å². The molecule has 0 heterocycles. The van der Waals surface area contributed by atoms with E-state index < -0.39 is 5.72 Å². The Morgan fingerprint density at radius 2 is 1.90 bits per heavy atom. The van der Waals surface area contributed by atoms with Crippen LogP contribution in [0.1, 0.15) is 66.2 Å². The molecule has 178 valence electrons. The molecule has 1 rings (SSSR count). The van der Waals surface area contributed by atoms with Gasteiger partial charge in [0.2, 0.25) is 0 Å². The molecule has 0 saturated heterocycles. The number of nitrogens with zero attached hydrogens (tertiary/aromatic N) is 1. The van der Waals surface area contributed by atoms with Gasteiger partial charge >= 0.3 is 0 Å². The summed E-state index contributed by atoms with van der Waals surface area (Å²) in [5, 5.41) is 6.96. The fraction of sp³-hybridized carbons (Fsp3) is 0.826. The number of nitrogens with two attached hydrogens (primary N) is 1. The standard InChI is InChI=1S/C23H45BN4O3/c1-6-22(4,16-19-8-7-9-19)27-17-20(28-26)18-29-14-15-30-21(2,3)11-13-31-23(5,25)10-12-24/h6,17,19,26-27H,1,7-16,18,24-25H2,2-5H3/b20-17-,28-26?. The van der Waals surface area contributed by atoms with Crippen molar-refractivity contribution in [3.05, 3.63) is 24.6 Å². The molecular weight excluding hydrogens is 391 g/mol. The van der Waals surface area contributed by atoms with E-state index >= 15 is 0 Å². The van der Waals surface area contributed by atoms with Crippen LogP contribution in [0.3, 0.4) is 0 Å². The molecule has 0 aromatic rings. The Balaban J connectivity index is 2.28. The molecule has 31 heavy (non-hydrogen) atoms. The van der Waals surface area contributed by atoms with E-state index in [2.05, 4.69) is 31.8 Å². The van der Waals surface area contributed by atoms with Crippen LogP contribution in [0, 0.1) is 11.4 Å². The highest BCUT2D eigenvalue weighted by Crippen LogP contribution is 2.34. The van der Waals surface area contributed by atoms with Crippen LogP contribution in [0.15, 0.2) is 29.7 Å². The molecule has 8 heteroatoms. The lowest BCUT2D eigenvalue weighted by molar-refractivity contribution is -0.0859. The van der Waals surface area contributed by atoms with Crippen LogP contribution in [0.2, 0.25) is 6.32 Å². The number of rotatable bonds is 18. The van der Waals surface area contributed by atoms with E-state index in [1.54, 1.807) is 6.20 Å². The van der Waals surface area contributed by atoms with Gasteiger partial charge in [-0.1, -0.05) is 31.7 Å². The average molecular weight is 436 g/mol. The Kier molecular flexibility index (Phi) is 12.0. The van der Waals surface area contributed by atoms with E-state index in [9.17, 15) is 0 Å². The van der Waals surface area contributed by atoms with Gasteiger partial charge < -0.3 is 25.3 Å². The predicted octanol–water partition coefficient (Wildman–Crippen LogP) is 3.92. The van der Waals surface area contributed by atoms with Crippen LogP contribution in [0.4, 0.5) is 0 Å². The summed E-state index contributed by atoms with van der Waals surface area (Å²) in [5.74, 6) is 0.757. The third-order valence-corrected chi connectivity index (χ3v) is 5.95. The van der Waals surface area contributed by atoms with E-state index in [0.717, 1.165) is 31.5 Å². The van der Waals surface area contributed by atoms with Crippen LogP contribution < -0.4 is 11.1 Å². The molecule has 0 aromatic heterocycles. The second kappa shape index (κ2) is 13.4. The summed E-state index contributed by atoms with van der Waals surface area (Å²) >= 11 is 0. The minimum Gasteiger partial charge on any atom is -0.381 e. The van der Waals surface area contributed by atoms with Crippen LogP contribution in [0.5, 0.6) is 0 Å². The molecule has 0 radical (unpaired) electrons. The number of hydrogen-bond donors (Lipinski definition) is 3.